The van der Waals surface area contributed by atoms with E-state index >= 15 is 0 Å². The molecule has 1 heteroatoms. The van der Waals surface area contributed by atoms with Crippen LogP contribution in [0.3, 0.4) is 0 Å². The summed E-state index contributed by atoms with van der Waals surface area (Å²) in [5, 5.41) is 0. The Morgan fingerprint density at radius 2 is 2.07 bits per heavy atom. The SMILES string of the molecule is [CH2]C(C)(C)OCCC1CCCC(C)(C)C1. The van der Waals surface area contributed by atoms with Gasteiger partial charge in [-0.1, -0.05) is 26.7 Å². The number of hydrogen-bond acceptors (Lipinski definition) is 1. The molecule has 1 rings (SSSR count). The lowest BCUT2D eigenvalue weighted by Crippen LogP contribution is -2.25. The summed E-state index contributed by atoms with van der Waals surface area (Å²) in [7, 11) is 0. The summed E-state index contributed by atoms with van der Waals surface area (Å²) in [5.74, 6) is 0.871. The van der Waals surface area contributed by atoms with Crippen molar-refractivity contribution in [2.24, 2.45) is 11.3 Å². The maximum absolute atomic E-state index is 5.69. The van der Waals surface area contributed by atoms with Crippen LogP contribution < -0.4 is 0 Å². The van der Waals surface area contributed by atoms with Crippen LogP contribution in [-0.2, 0) is 4.74 Å². The Morgan fingerprint density at radius 1 is 1.40 bits per heavy atom. The van der Waals surface area contributed by atoms with Gasteiger partial charge in [-0.3, -0.25) is 0 Å². The van der Waals surface area contributed by atoms with Crippen molar-refractivity contribution in [2.45, 2.75) is 65.4 Å². The van der Waals surface area contributed by atoms with E-state index in [0.29, 0.717) is 5.41 Å². The van der Waals surface area contributed by atoms with Gasteiger partial charge in [0.1, 0.15) is 0 Å². The molecular weight excluding hydrogens is 184 g/mol. The van der Waals surface area contributed by atoms with E-state index in [-0.39, 0.29) is 5.60 Å². The second-order valence-electron chi connectivity index (χ2n) is 6.52. The summed E-state index contributed by atoms with van der Waals surface area (Å²) in [5.41, 5.74) is 0.340. The molecule has 0 aromatic carbocycles. The van der Waals surface area contributed by atoms with Gasteiger partial charge in [0.15, 0.2) is 0 Å². The van der Waals surface area contributed by atoms with Crippen LogP contribution >= 0.6 is 0 Å². The third-order valence-corrected chi connectivity index (χ3v) is 3.33. The van der Waals surface area contributed by atoms with Crippen molar-refractivity contribution in [1.82, 2.24) is 0 Å². The maximum atomic E-state index is 5.69. The monoisotopic (exact) mass is 211 g/mol. The molecule has 0 heterocycles. The first-order valence-electron chi connectivity index (χ1n) is 6.28. The molecule has 1 fully saturated rings. The predicted molar refractivity (Wildman–Crippen MR) is 65.7 cm³/mol. The topological polar surface area (TPSA) is 9.23 Å². The van der Waals surface area contributed by atoms with E-state index in [1.54, 1.807) is 0 Å². The normalized spacial score (nSPS) is 26.6. The van der Waals surface area contributed by atoms with Crippen LogP contribution in [0.4, 0.5) is 0 Å². The van der Waals surface area contributed by atoms with Gasteiger partial charge in [-0.2, -0.15) is 0 Å². The molecular formula is C14H27O. The molecule has 1 saturated carbocycles. The molecule has 1 aliphatic rings. The number of ether oxygens (including phenoxy) is 1. The highest BCUT2D eigenvalue weighted by molar-refractivity contribution is 4.79. The molecule has 0 N–H and O–H groups in total. The molecule has 1 aliphatic carbocycles. The molecule has 0 aromatic heterocycles. The molecule has 0 aliphatic heterocycles. The lowest BCUT2D eigenvalue weighted by atomic mass is 9.71. The Morgan fingerprint density at radius 3 is 2.60 bits per heavy atom. The zero-order valence-corrected chi connectivity index (χ0v) is 10.9. The molecule has 0 saturated heterocycles. The van der Waals surface area contributed by atoms with Crippen LogP contribution in [0.25, 0.3) is 0 Å². The summed E-state index contributed by atoms with van der Waals surface area (Å²) < 4.78 is 5.69. The van der Waals surface area contributed by atoms with Crippen molar-refractivity contribution in [1.29, 1.82) is 0 Å². The Bertz CT molecular complexity index is 188. The predicted octanol–water partition coefficient (Wildman–Crippen LogP) is 4.22. The summed E-state index contributed by atoms with van der Waals surface area (Å²) in [6.45, 7) is 13.7. The zero-order valence-electron chi connectivity index (χ0n) is 10.9. The highest BCUT2D eigenvalue weighted by Gasteiger charge is 2.27. The van der Waals surface area contributed by atoms with Crippen molar-refractivity contribution < 1.29 is 4.74 Å². The summed E-state index contributed by atoms with van der Waals surface area (Å²) in [6, 6.07) is 0. The fraction of sp³-hybridized carbons (Fsp3) is 0.929. The Balaban J connectivity index is 2.22. The van der Waals surface area contributed by atoms with E-state index in [2.05, 4.69) is 20.8 Å². The van der Waals surface area contributed by atoms with Crippen LogP contribution in [0.1, 0.15) is 59.8 Å². The van der Waals surface area contributed by atoms with Crippen LogP contribution in [-0.4, -0.2) is 12.2 Å². The minimum absolute atomic E-state index is 0.218. The largest absolute Gasteiger partial charge is 0.376 e. The van der Waals surface area contributed by atoms with E-state index in [0.717, 1.165) is 12.5 Å². The molecule has 0 spiro atoms. The molecule has 1 atom stereocenters. The molecule has 0 amide bonds. The van der Waals surface area contributed by atoms with Crippen LogP contribution in [0.15, 0.2) is 0 Å². The Kier molecular flexibility index (Phi) is 4.22. The highest BCUT2D eigenvalue weighted by Crippen LogP contribution is 2.39. The number of rotatable bonds is 4. The maximum Gasteiger partial charge on any atom is 0.0627 e. The fourth-order valence-electron chi connectivity index (χ4n) is 2.60. The van der Waals surface area contributed by atoms with Crippen molar-refractivity contribution in [3.8, 4) is 0 Å². The van der Waals surface area contributed by atoms with Crippen LogP contribution in [0, 0.1) is 18.3 Å². The lowest BCUT2D eigenvalue weighted by molar-refractivity contribution is 0.00407. The fourth-order valence-corrected chi connectivity index (χ4v) is 2.60. The first-order chi connectivity index (χ1) is 6.79. The smallest absolute Gasteiger partial charge is 0.0627 e. The standard InChI is InChI=1S/C14H27O/c1-13(2,3)15-10-8-12-7-6-9-14(4,5)11-12/h12H,1,6-11H2,2-5H3. The van der Waals surface area contributed by atoms with E-state index in [1.165, 1.54) is 32.1 Å². The van der Waals surface area contributed by atoms with Crippen molar-refractivity contribution in [3.05, 3.63) is 6.92 Å². The van der Waals surface area contributed by atoms with Gasteiger partial charge < -0.3 is 4.74 Å². The molecule has 0 aromatic rings. The second-order valence-corrected chi connectivity index (χ2v) is 6.52. The quantitative estimate of drug-likeness (QED) is 0.676. The van der Waals surface area contributed by atoms with Gasteiger partial charge in [-0.05, 0) is 51.4 Å². The minimum Gasteiger partial charge on any atom is -0.376 e. The van der Waals surface area contributed by atoms with E-state index in [4.69, 9.17) is 4.74 Å². The summed E-state index contributed by atoms with van der Waals surface area (Å²) >= 11 is 0. The van der Waals surface area contributed by atoms with E-state index in [9.17, 15) is 0 Å². The van der Waals surface area contributed by atoms with Gasteiger partial charge >= 0.3 is 0 Å². The minimum atomic E-state index is -0.218. The Hall–Kier alpha value is -0.0400. The molecule has 1 unspecified atom stereocenters. The molecule has 15 heavy (non-hydrogen) atoms. The van der Waals surface area contributed by atoms with Gasteiger partial charge in [0, 0.05) is 6.61 Å². The van der Waals surface area contributed by atoms with Gasteiger partial charge in [0.25, 0.3) is 0 Å². The molecule has 89 valence electrons. The average molecular weight is 211 g/mol. The third kappa shape index (κ3) is 5.55. The highest BCUT2D eigenvalue weighted by atomic mass is 16.5. The Labute approximate surface area is 95.6 Å². The first kappa shape index (κ1) is 13.0. The van der Waals surface area contributed by atoms with Crippen LogP contribution in [0.2, 0.25) is 0 Å². The molecule has 1 nitrogen and oxygen atoms in total. The third-order valence-electron chi connectivity index (χ3n) is 3.33. The van der Waals surface area contributed by atoms with E-state index in [1.807, 2.05) is 13.8 Å². The van der Waals surface area contributed by atoms with Crippen molar-refractivity contribution in [3.63, 3.8) is 0 Å². The van der Waals surface area contributed by atoms with Gasteiger partial charge in [0.2, 0.25) is 0 Å². The lowest BCUT2D eigenvalue weighted by Gasteiger charge is -2.35. The molecule has 0 bridgehead atoms. The van der Waals surface area contributed by atoms with E-state index < -0.39 is 0 Å². The van der Waals surface area contributed by atoms with Crippen LogP contribution in [0.5, 0.6) is 0 Å². The molecule has 1 radical (unpaired) electrons. The van der Waals surface area contributed by atoms with Gasteiger partial charge in [-0.25, -0.2) is 0 Å². The second kappa shape index (κ2) is 4.86. The van der Waals surface area contributed by atoms with Gasteiger partial charge in [0.05, 0.1) is 5.60 Å². The first-order valence-corrected chi connectivity index (χ1v) is 6.28. The van der Waals surface area contributed by atoms with Gasteiger partial charge in [-0.15, -0.1) is 0 Å². The average Bonchev–Trinajstić information content (AvgIpc) is 1.99. The number of hydrogen-bond donors (Lipinski definition) is 0. The zero-order chi connectivity index (χ0) is 11.5. The summed E-state index contributed by atoms with van der Waals surface area (Å²) in [4.78, 5) is 0. The van der Waals surface area contributed by atoms with Crippen molar-refractivity contribution in [2.75, 3.05) is 6.61 Å². The van der Waals surface area contributed by atoms with Crippen molar-refractivity contribution >= 4 is 0 Å². The summed E-state index contributed by atoms with van der Waals surface area (Å²) in [6.07, 6.45) is 6.76.